The van der Waals surface area contributed by atoms with E-state index in [2.05, 4.69) is 10.3 Å². The zero-order valence-corrected chi connectivity index (χ0v) is 15.7. The van der Waals surface area contributed by atoms with Crippen LogP contribution in [0.1, 0.15) is 10.5 Å². The van der Waals surface area contributed by atoms with Gasteiger partial charge in [0.25, 0.3) is 11.5 Å². The molecule has 0 atom stereocenters. The number of rotatable bonds is 5. The fraction of sp³-hybridized carbons (Fsp3) is 0.190. The first kappa shape index (κ1) is 17.9. The third kappa shape index (κ3) is 3.16. The minimum Gasteiger partial charge on any atom is -0.383 e. The molecule has 7 nitrogen and oxygen atoms in total. The van der Waals surface area contributed by atoms with Crippen molar-refractivity contribution in [2.24, 2.45) is 7.05 Å². The fourth-order valence-electron chi connectivity index (χ4n) is 3.31. The quantitative estimate of drug-likeness (QED) is 0.581. The van der Waals surface area contributed by atoms with Crippen LogP contribution < -0.4 is 10.9 Å². The second-order valence-electron chi connectivity index (χ2n) is 6.58. The minimum atomic E-state index is -0.243. The fourth-order valence-corrected chi connectivity index (χ4v) is 3.31. The van der Waals surface area contributed by atoms with Gasteiger partial charge in [0, 0.05) is 37.3 Å². The van der Waals surface area contributed by atoms with E-state index in [-0.39, 0.29) is 11.5 Å². The molecule has 2 aromatic heterocycles. The van der Waals surface area contributed by atoms with E-state index in [4.69, 9.17) is 4.74 Å². The van der Waals surface area contributed by atoms with Gasteiger partial charge in [-0.25, -0.2) is 4.98 Å². The zero-order valence-electron chi connectivity index (χ0n) is 15.7. The number of amides is 1. The Morgan fingerprint density at radius 2 is 2.00 bits per heavy atom. The van der Waals surface area contributed by atoms with Crippen molar-refractivity contribution >= 4 is 33.4 Å². The highest BCUT2D eigenvalue weighted by molar-refractivity contribution is 6.07. The van der Waals surface area contributed by atoms with Gasteiger partial charge in [0.2, 0.25) is 0 Å². The molecule has 0 radical (unpaired) electrons. The SMILES string of the molecule is COCCn1c(C(=O)Nc2ccc3ncn(C)c(=O)c3c2)cc2ccccc21. The Morgan fingerprint density at radius 3 is 2.82 bits per heavy atom. The lowest BCUT2D eigenvalue weighted by atomic mass is 10.2. The number of anilines is 1. The molecule has 4 rings (SSSR count). The zero-order chi connectivity index (χ0) is 19.7. The van der Waals surface area contributed by atoms with Gasteiger partial charge in [-0.3, -0.25) is 9.59 Å². The lowest BCUT2D eigenvalue weighted by Crippen LogP contribution is -2.19. The van der Waals surface area contributed by atoms with E-state index in [1.165, 1.54) is 10.9 Å². The first-order chi connectivity index (χ1) is 13.6. The van der Waals surface area contributed by atoms with Crippen LogP contribution in [0.2, 0.25) is 0 Å². The van der Waals surface area contributed by atoms with Crippen LogP contribution in [0.3, 0.4) is 0 Å². The molecule has 1 amide bonds. The van der Waals surface area contributed by atoms with Crippen LogP contribution in [-0.4, -0.2) is 33.7 Å². The summed E-state index contributed by atoms with van der Waals surface area (Å²) in [5.74, 6) is -0.243. The van der Waals surface area contributed by atoms with Gasteiger partial charge < -0.3 is 19.2 Å². The highest BCUT2D eigenvalue weighted by atomic mass is 16.5. The Balaban J connectivity index is 1.71. The molecule has 0 fully saturated rings. The van der Waals surface area contributed by atoms with Gasteiger partial charge in [0.15, 0.2) is 0 Å². The number of benzene rings is 2. The van der Waals surface area contributed by atoms with Crippen molar-refractivity contribution in [1.29, 1.82) is 0 Å². The molecule has 0 spiro atoms. The number of hydrogen-bond donors (Lipinski definition) is 1. The summed E-state index contributed by atoms with van der Waals surface area (Å²) in [6.07, 6.45) is 1.48. The Bertz CT molecular complexity index is 1240. The van der Waals surface area contributed by atoms with Crippen molar-refractivity contribution in [2.45, 2.75) is 6.54 Å². The Labute approximate surface area is 161 Å². The monoisotopic (exact) mass is 376 g/mol. The highest BCUT2D eigenvalue weighted by Gasteiger charge is 2.16. The normalized spacial score (nSPS) is 11.2. The summed E-state index contributed by atoms with van der Waals surface area (Å²) >= 11 is 0. The summed E-state index contributed by atoms with van der Waals surface area (Å²) in [6.45, 7) is 1.06. The first-order valence-corrected chi connectivity index (χ1v) is 8.92. The Hall–Kier alpha value is -3.45. The Morgan fingerprint density at radius 1 is 1.18 bits per heavy atom. The number of aromatic nitrogens is 3. The van der Waals surface area contributed by atoms with Crippen molar-refractivity contribution in [3.05, 3.63) is 70.9 Å². The van der Waals surface area contributed by atoms with Crippen molar-refractivity contribution in [3.8, 4) is 0 Å². The van der Waals surface area contributed by atoms with Crippen LogP contribution >= 0.6 is 0 Å². The standard InChI is InChI=1S/C21H20N4O3/c1-24-13-22-17-8-7-15(12-16(17)21(24)27)23-20(26)19-11-14-5-3-4-6-18(14)25(19)9-10-28-2/h3-8,11-13H,9-10H2,1-2H3,(H,23,26). The first-order valence-electron chi connectivity index (χ1n) is 8.92. The van der Waals surface area contributed by atoms with Crippen molar-refractivity contribution in [3.63, 3.8) is 0 Å². The lowest BCUT2D eigenvalue weighted by molar-refractivity contribution is 0.101. The van der Waals surface area contributed by atoms with Gasteiger partial charge >= 0.3 is 0 Å². The van der Waals surface area contributed by atoms with E-state index in [0.717, 1.165) is 10.9 Å². The number of para-hydroxylation sites is 1. The summed E-state index contributed by atoms with van der Waals surface area (Å²) in [6, 6.07) is 14.8. The van der Waals surface area contributed by atoms with E-state index in [1.807, 2.05) is 34.9 Å². The van der Waals surface area contributed by atoms with Gasteiger partial charge in [-0.1, -0.05) is 18.2 Å². The third-order valence-corrected chi connectivity index (χ3v) is 4.74. The lowest BCUT2D eigenvalue weighted by Gasteiger charge is -2.11. The van der Waals surface area contributed by atoms with Crippen molar-refractivity contribution in [2.75, 3.05) is 19.0 Å². The van der Waals surface area contributed by atoms with E-state index in [1.54, 1.807) is 32.4 Å². The maximum atomic E-state index is 13.0. The molecule has 28 heavy (non-hydrogen) atoms. The number of aryl methyl sites for hydroxylation is 1. The van der Waals surface area contributed by atoms with E-state index >= 15 is 0 Å². The summed E-state index contributed by atoms with van der Waals surface area (Å²) in [4.78, 5) is 29.5. The summed E-state index contributed by atoms with van der Waals surface area (Å²) in [5.41, 5.74) is 2.50. The van der Waals surface area contributed by atoms with Gasteiger partial charge in [-0.05, 0) is 30.3 Å². The van der Waals surface area contributed by atoms with E-state index in [0.29, 0.717) is 35.4 Å². The minimum absolute atomic E-state index is 0.157. The number of methoxy groups -OCH3 is 1. The predicted molar refractivity (Wildman–Crippen MR) is 109 cm³/mol. The van der Waals surface area contributed by atoms with Gasteiger partial charge in [0.05, 0.1) is 23.8 Å². The summed E-state index contributed by atoms with van der Waals surface area (Å²) < 4.78 is 8.55. The molecule has 0 unspecified atom stereocenters. The number of fused-ring (bicyclic) bond motifs is 2. The highest BCUT2D eigenvalue weighted by Crippen LogP contribution is 2.22. The van der Waals surface area contributed by atoms with Gasteiger partial charge in [-0.15, -0.1) is 0 Å². The van der Waals surface area contributed by atoms with Crippen LogP contribution in [0.5, 0.6) is 0 Å². The maximum absolute atomic E-state index is 13.0. The smallest absolute Gasteiger partial charge is 0.272 e. The molecule has 0 aliphatic heterocycles. The number of carbonyl (C=O) groups excluding carboxylic acids is 1. The van der Waals surface area contributed by atoms with Gasteiger partial charge in [0.1, 0.15) is 5.69 Å². The molecular weight excluding hydrogens is 356 g/mol. The number of nitrogens with zero attached hydrogens (tertiary/aromatic N) is 3. The molecule has 1 N–H and O–H groups in total. The number of carbonyl (C=O) groups is 1. The molecule has 0 aliphatic rings. The van der Waals surface area contributed by atoms with Crippen LogP contribution in [-0.2, 0) is 18.3 Å². The van der Waals surface area contributed by atoms with Crippen LogP contribution in [0, 0.1) is 0 Å². The Kier molecular flexibility index (Phi) is 4.67. The number of nitrogens with one attached hydrogen (secondary N) is 1. The molecule has 4 aromatic rings. The topological polar surface area (TPSA) is 78.2 Å². The summed E-state index contributed by atoms with van der Waals surface area (Å²) in [5, 5.41) is 4.35. The van der Waals surface area contributed by atoms with Crippen molar-refractivity contribution in [1.82, 2.24) is 14.1 Å². The molecule has 0 aliphatic carbocycles. The molecular formula is C21H20N4O3. The second-order valence-corrected chi connectivity index (χ2v) is 6.58. The molecule has 142 valence electrons. The molecule has 0 saturated heterocycles. The summed E-state index contributed by atoms with van der Waals surface area (Å²) in [7, 11) is 3.28. The van der Waals surface area contributed by atoms with Crippen LogP contribution in [0.25, 0.3) is 21.8 Å². The van der Waals surface area contributed by atoms with Crippen LogP contribution in [0.4, 0.5) is 5.69 Å². The molecule has 7 heteroatoms. The maximum Gasteiger partial charge on any atom is 0.272 e. The van der Waals surface area contributed by atoms with Gasteiger partial charge in [-0.2, -0.15) is 0 Å². The van der Waals surface area contributed by atoms with E-state index in [9.17, 15) is 9.59 Å². The van der Waals surface area contributed by atoms with E-state index < -0.39 is 0 Å². The second kappa shape index (κ2) is 7.28. The number of hydrogen-bond acceptors (Lipinski definition) is 4. The largest absolute Gasteiger partial charge is 0.383 e. The predicted octanol–water partition coefficient (Wildman–Crippen LogP) is 2.79. The average Bonchev–Trinajstić information content (AvgIpc) is 3.08. The third-order valence-electron chi connectivity index (χ3n) is 4.74. The molecule has 2 heterocycles. The number of ether oxygens (including phenoxy) is 1. The van der Waals surface area contributed by atoms with Crippen molar-refractivity contribution < 1.29 is 9.53 Å². The van der Waals surface area contributed by atoms with Crippen LogP contribution in [0.15, 0.2) is 59.7 Å². The molecule has 0 saturated carbocycles. The average molecular weight is 376 g/mol. The molecule has 2 aromatic carbocycles. The molecule has 0 bridgehead atoms.